The van der Waals surface area contributed by atoms with Gasteiger partial charge in [-0.3, -0.25) is 14.2 Å². The first kappa shape index (κ1) is 43.3. The summed E-state index contributed by atoms with van der Waals surface area (Å²) in [4.78, 5) is 17.1. The van der Waals surface area contributed by atoms with E-state index >= 15 is 0 Å². The molecule has 7 aromatic heterocycles. The first-order chi connectivity index (χ1) is 31.6. The first-order valence-corrected chi connectivity index (χ1v) is 23.1. The lowest BCUT2D eigenvalue weighted by atomic mass is 10.0. The Morgan fingerprint density at radius 1 is 0.631 bits per heavy atom. The van der Waals surface area contributed by atoms with E-state index in [-0.39, 0.29) is 5.56 Å². The number of nitriles is 3. The predicted octanol–water partition coefficient (Wildman–Crippen LogP) is 7.82. The topological polar surface area (TPSA) is 179 Å². The molecule has 9 heterocycles. The third-order valence-corrected chi connectivity index (χ3v) is 14.6. The summed E-state index contributed by atoms with van der Waals surface area (Å²) < 4.78 is 9.42. The molecule has 0 atom stereocenters. The van der Waals surface area contributed by atoms with E-state index in [4.69, 9.17) is 10.2 Å². The molecule has 8 aromatic rings. The van der Waals surface area contributed by atoms with Crippen LogP contribution in [0.4, 0.5) is 0 Å². The Labute approximate surface area is 384 Å². The number of nitrogens with zero attached hydrogens (tertiary/aromatic N) is 13. The molecule has 2 aliphatic rings. The van der Waals surface area contributed by atoms with E-state index < -0.39 is 0 Å². The molecule has 15 nitrogen and oxygen atoms in total. The van der Waals surface area contributed by atoms with Gasteiger partial charge in [0.25, 0.3) is 5.56 Å². The Morgan fingerprint density at radius 2 is 1.17 bits per heavy atom. The summed E-state index contributed by atoms with van der Waals surface area (Å²) in [6, 6.07) is 24.4. The van der Waals surface area contributed by atoms with E-state index in [2.05, 4.69) is 81.0 Å². The van der Waals surface area contributed by atoms with Crippen molar-refractivity contribution in [1.82, 2.24) is 53.6 Å². The third-order valence-electron chi connectivity index (χ3n) is 12.4. The Kier molecular flexibility index (Phi) is 12.4. The van der Waals surface area contributed by atoms with Crippen molar-refractivity contribution >= 4 is 34.6 Å². The van der Waals surface area contributed by atoms with Crippen LogP contribution in [0.2, 0.25) is 0 Å². The van der Waals surface area contributed by atoms with Crippen molar-refractivity contribution in [3.05, 3.63) is 130 Å². The van der Waals surface area contributed by atoms with Crippen LogP contribution in [0.3, 0.4) is 0 Å². The first-order valence-electron chi connectivity index (χ1n) is 21.5. The number of likely N-dealkylation sites (tertiary alicyclic amines) is 1. The highest BCUT2D eigenvalue weighted by Gasteiger charge is 2.24. The van der Waals surface area contributed by atoms with Gasteiger partial charge in [0, 0.05) is 73.8 Å². The average molecular weight is 899 g/mol. The molecular formula is C48H46N14OS2. The lowest BCUT2D eigenvalue weighted by molar-refractivity contribution is 0.210. The zero-order valence-corrected chi connectivity index (χ0v) is 38.1. The van der Waals surface area contributed by atoms with Gasteiger partial charge in [-0.25, -0.2) is 9.03 Å². The van der Waals surface area contributed by atoms with Gasteiger partial charge >= 0.3 is 0 Å². The van der Waals surface area contributed by atoms with Gasteiger partial charge in [0.2, 0.25) is 0 Å². The number of fused-ring (bicyclic) bond motifs is 2. The minimum Gasteiger partial charge on any atom is -0.317 e. The molecule has 0 aliphatic carbocycles. The lowest BCUT2D eigenvalue weighted by Crippen LogP contribution is -2.32. The average Bonchev–Trinajstić information content (AvgIpc) is 4.14. The molecule has 0 saturated carbocycles. The van der Waals surface area contributed by atoms with E-state index in [9.17, 15) is 20.6 Å². The number of rotatable bonds is 8. The van der Waals surface area contributed by atoms with Gasteiger partial charge in [-0.2, -0.15) is 36.2 Å². The molecule has 0 unspecified atom stereocenters. The molecular weight excluding hydrogens is 853 g/mol. The summed E-state index contributed by atoms with van der Waals surface area (Å²) in [5.41, 5.74) is 9.35. The Morgan fingerprint density at radius 3 is 1.74 bits per heavy atom. The van der Waals surface area contributed by atoms with E-state index in [1.165, 1.54) is 29.6 Å². The van der Waals surface area contributed by atoms with Crippen LogP contribution in [0.1, 0.15) is 65.8 Å². The Hall–Kier alpha value is -6.94. The molecule has 1 aromatic carbocycles. The van der Waals surface area contributed by atoms with Crippen LogP contribution in [-0.2, 0) is 7.05 Å². The minimum atomic E-state index is -0.0738. The second-order valence-electron chi connectivity index (χ2n) is 16.4. The summed E-state index contributed by atoms with van der Waals surface area (Å²) in [5.74, 6) is 0. The SMILES string of the molecule is Cc1c(-c2cc(Sc3cccc(=O)n3C)c3c(C#N)cnn3c2)cnn1C1CCNCC1.Cc1c(-c2cc(Sc3ccccc3C#N)c3c(C#N)cnn3c2)cnn1C1CCN(C)CC1. The Bertz CT molecular complexity index is 3250. The highest BCUT2D eigenvalue weighted by molar-refractivity contribution is 7.99. The second-order valence-corrected chi connectivity index (χ2v) is 18.5. The molecule has 65 heavy (non-hydrogen) atoms. The summed E-state index contributed by atoms with van der Waals surface area (Å²) in [5, 5.41) is 51.3. The van der Waals surface area contributed by atoms with Crippen molar-refractivity contribution < 1.29 is 0 Å². The lowest BCUT2D eigenvalue weighted by Gasteiger charge is -2.29. The van der Waals surface area contributed by atoms with Crippen LogP contribution in [0.25, 0.3) is 33.3 Å². The fourth-order valence-corrected chi connectivity index (χ4v) is 10.9. The molecule has 2 aliphatic heterocycles. The maximum Gasteiger partial charge on any atom is 0.251 e. The number of aromatic nitrogens is 9. The summed E-state index contributed by atoms with van der Waals surface area (Å²) in [6.07, 6.45) is 15.2. The van der Waals surface area contributed by atoms with Gasteiger partial charge in [-0.1, -0.05) is 41.7 Å². The van der Waals surface area contributed by atoms with Crippen LogP contribution in [-0.4, -0.2) is 81.5 Å². The van der Waals surface area contributed by atoms with Crippen LogP contribution < -0.4 is 10.9 Å². The van der Waals surface area contributed by atoms with Crippen molar-refractivity contribution in [3.63, 3.8) is 0 Å². The van der Waals surface area contributed by atoms with Crippen LogP contribution >= 0.6 is 23.5 Å². The quantitative estimate of drug-likeness (QED) is 0.157. The molecule has 10 rings (SSSR count). The number of piperidine rings is 2. The molecule has 0 amide bonds. The van der Waals surface area contributed by atoms with Gasteiger partial charge in [0.15, 0.2) is 0 Å². The molecule has 17 heteroatoms. The van der Waals surface area contributed by atoms with Crippen molar-refractivity contribution in [1.29, 1.82) is 15.8 Å². The molecule has 0 spiro atoms. The second kappa shape index (κ2) is 18.6. The van der Waals surface area contributed by atoms with Crippen molar-refractivity contribution in [2.24, 2.45) is 7.05 Å². The minimum absolute atomic E-state index is 0.0738. The predicted molar refractivity (Wildman–Crippen MR) is 250 cm³/mol. The molecule has 0 bridgehead atoms. The number of pyridine rings is 3. The highest BCUT2D eigenvalue weighted by Crippen LogP contribution is 2.39. The fraction of sp³-hybridized carbons (Fsp3) is 0.292. The molecule has 1 N–H and O–H groups in total. The number of nitrogens with one attached hydrogen (secondary N) is 1. The number of hydrogen-bond donors (Lipinski definition) is 1. The number of hydrogen-bond acceptors (Lipinski definition) is 12. The number of benzene rings is 1. The van der Waals surface area contributed by atoms with E-state index in [1.54, 1.807) is 45.2 Å². The van der Waals surface area contributed by atoms with E-state index in [0.717, 1.165) is 116 Å². The monoisotopic (exact) mass is 898 g/mol. The van der Waals surface area contributed by atoms with Crippen molar-refractivity contribution in [2.75, 3.05) is 33.2 Å². The summed E-state index contributed by atoms with van der Waals surface area (Å²) >= 11 is 2.94. The van der Waals surface area contributed by atoms with Crippen molar-refractivity contribution in [3.8, 4) is 40.5 Å². The normalized spacial score (nSPS) is 14.8. The molecule has 0 radical (unpaired) electrons. The summed E-state index contributed by atoms with van der Waals surface area (Å²) in [6.45, 7) is 8.39. The van der Waals surface area contributed by atoms with Gasteiger partial charge < -0.3 is 14.8 Å². The van der Waals surface area contributed by atoms with E-state index in [1.807, 2.05) is 49.1 Å². The van der Waals surface area contributed by atoms with Gasteiger partial charge in [-0.05, 0) is 103 Å². The van der Waals surface area contributed by atoms with Crippen molar-refractivity contribution in [2.45, 2.75) is 71.3 Å². The van der Waals surface area contributed by atoms with Crippen LogP contribution in [0.5, 0.6) is 0 Å². The molecule has 2 fully saturated rings. The largest absolute Gasteiger partial charge is 0.317 e. The molecule has 326 valence electrons. The van der Waals surface area contributed by atoms with Gasteiger partial charge in [0.05, 0.1) is 69.6 Å². The maximum absolute atomic E-state index is 12.1. The third kappa shape index (κ3) is 8.57. The zero-order chi connectivity index (χ0) is 45.2. The van der Waals surface area contributed by atoms with Crippen LogP contribution in [0.15, 0.2) is 116 Å². The molecule has 2 saturated heterocycles. The fourth-order valence-electron chi connectivity index (χ4n) is 8.75. The van der Waals surface area contributed by atoms with Gasteiger partial charge in [0.1, 0.15) is 18.2 Å². The maximum atomic E-state index is 12.1. The van der Waals surface area contributed by atoms with Crippen LogP contribution in [0, 0.1) is 47.8 Å². The standard InChI is InChI=1S/C25H23N7S.C23H23N7OS/c1-17-22(15-29-32(17)21-7-9-30(2)10-8-21)19-11-24(25-20(13-27)14-28-31(25)16-19)33-23-6-4-3-5-18(23)12-26;1-15-19(13-27-30(15)18-6-8-25-9-7-18)16-10-20(23-17(11-24)12-26-29(23)14-16)32-22-5-3-4-21(31)28(22)2/h3-6,11,14-16,21H,7-10H2,1-2H3;3-5,10,12-14,18,25H,6-9H2,1-2H3. The summed E-state index contributed by atoms with van der Waals surface area (Å²) in [7, 11) is 3.91. The zero-order valence-electron chi connectivity index (χ0n) is 36.5. The smallest absolute Gasteiger partial charge is 0.251 e. The highest BCUT2D eigenvalue weighted by atomic mass is 32.2. The van der Waals surface area contributed by atoms with E-state index in [0.29, 0.717) is 28.8 Å². The Balaban J connectivity index is 0.000000164. The van der Waals surface area contributed by atoms with Gasteiger partial charge in [-0.15, -0.1) is 0 Å².